The van der Waals surface area contributed by atoms with Gasteiger partial charge in [-0.15, -0.1) is 0 Å². The number of fused-ring (bicyclic) bond motifs is 1. The zero-order valence-corrected chi connectivity index (χ0v) is 11.3. The largest absolute Gasteiger partial charge is 0.381 e. The standard InChI is InChI=1S/C17H22N2/c18-12-14-7-2-4-10-16(14)19-17-11-5-8-13-6-1-3-9-15(13)17/h1,3,5-6,8-9,11,14,16,19H,2,4,7,10,12,18H2. The Morgan fingerprint density at radius 1 is 1.00 bits per heavy atom. The quantitative estimate of drug-likeness (QED) is 0.875. The lowest BCUT2D eigenvalue weighted by Crippen LogP contribution is -2.36. The minimum Gasteiger partial charge on any atom is -0.381 e. The van der Waals surface area contributed by atoms with Crippen LogP contribution in [0.25, 0.3) is 10.8 Å². The summed E-state index contributed by atoms with van der Waals surface area (Å²) < 4.78 is 0. The molecule has 1 saturated carbocycles. The number of anilines is 1. The summed E-state index contributed by atoms with van der Waals surface area (Å²) in [6, 6.07) is 15.6. The SMILES string of the molecule is NCC1CCCCC1Nc1cccc2ccccc12. The van der Waals surface area contributed by atoms with Crippen LogP contribution in [0.5, 0.6) is 0 Å². The third-order valence-electron chi connectivity index (χ3n) is 4.34. The van der Waals surface area contributed by atoms with E-state index in [9.17, 15) is 0 Å². The van der Waals surface area contributed by atoms with E-state index < -0.39 is 0 Å². The van der Waals surface area contributed by atoms with Gasteiger partial charge in [-0.2, -0.15) is 0 Å². The van der Waals surface area contributed by atoms with Crippen LogP contribution >= 0.6 is 0 Å². The molecular formula is C17H22N2. The average Bonchev–Trinajstić information content (AvgIpc) is 2.48. The van der Waals surface area contributed by atoms with E-state index in [0.717, 1.165) is 6.54 Å². The minimum absolute atomic E-state index is 0.532. The van der Waals surface area contributed by atoms with Crippen molar-refractivity contribution in [3.05, 3.63) is 42.5 Å². The predicted octanol–water partition coefficient (Wildman–Crippen LogP) is 3.77. The molecule has 2 aromatic carbocycles. The molecule has 0 spiro atoms. The highest BCUT2D eigenvalue weighted by Gasteiger charge is 2.23. The average molecular weight is 254 g/mol. The van der Waals surface area contributed by atoms with Gasteiger partial charge in [0.05, 0.1) is 0 Å². The molecule has 2 unspecified atom stereocenters. The molecule has 19 heavy (non-hydrogen) atoms. The molecule has 1 aliphatic carbocycles. The Kier molecular flexibility index (Phi) is 3.69. The second-order valence-electron chi connectivity index (χ2n) is 5.56. The molecule has 3 rings (SSSR count). The number of benzene rings is 2. The highest BCUT2D eigenvalue weighted by Crippen LogP contribution is 2.29. The molecule has 0 aliphatic heterocycles. The first-order chi connectivity index (χ1) is 9.38. The number of nitrogens with two attached hydrogens (primary N) is 1. The summed E-state index contributed by atoms with van der Waals surface area (Å²) >= 11 is 0. The Hall–Kier alpha value is -1.54. The van der Waals surface area contributed by atoms with Crippen molar-refractivity contribution in [2.45, 2.75) is 31.7 Å². The van der Waals surface area contributed by atoms with Crippen LogP contribution in [0.1, 0.15) is 25.7 Å². The highest BCUT2D eigenvalue weighted by atomic mass is 14.9. The Labute approximate surface area is 115 Å². The zero-order chi connectivity index (χ0) is 13.1. The van der Waals surface area contributed by atoms with E-state index in [0.29, 0.717) is 12.0 Å². The van der Waals surface area contributed by atoms with Crippen LogP contribution in [0.4, 0.5) is 5.69 Å². The number of hydrogen-bond acceptors (Lipinski definition) is 2. The van der Waals surface area contributed by atoms with Crippen molar-refractivity contribution in [3.8, 4) is 0 Å². The van der Waals surface area contributed by atoms with Crippen LogP contribution in [0.2, 0.25) is 0 Å². The summed E-state index contributed by atoms with van der Waals surface area (Å²) in [6.45, 7) is 0.794. The lowest BCUT2D eigenvalue weighted by molar-refractivity contribution is 0.333. The lowest BCUT2D eigenvalue weighted by atomic mass is 9.84. The van der Waals surface area contributed by atoms with Gasteiger partial charge in [0.25, 0.3) is 0 Å². The first kappa shape index (κ1) is 12.5. The lowest BCUT2D eigenvalue weighted by Gasteiger charge is -2.32. The van der Waals surface area contributed by atoms with Crippen molar-refractivity contribution in [3.63, 3.8) is 0 Å². The van der Waals surface area contributed by atoms with Gasteiger partial charge in [-0.1, -0.05) is 49.2 Å². The maximum absolute atomic E-state index is 5.92. The van der Waals surface area contributed by atoms with Gasteiger partial charge >= 0.3 is 0 Å². The molecule has 1 fully saturated rings. The molecule has 2 aromatic rings. The molecule has 1 aliphatic rings. The molecule has 0 amide bonds. The third-order valence-corrected chi connectivity index (χ3v) is 4.34. The van der Waals surface area contributed by atoms with Crippen LogP contribution in [0, 0.1) is 5.92 Å². The van der Waals surface area contributed by atoms with Gasteiger partial charge < -0.3 is 11.1 Å². The number of nitrogens with one attached hydrogen (secondary N) is 1. The topological polar surface area (TPSA) is 38.0 Å². The molecular weight excluding hydrogens is 232 g/mol. The second-order valence-corrected chi connectivity index (χ2v) is 5.56. The molecule has 2 atom stereocenters. The van der Waals surface area contributed by atoms with Gasteiger partial charge in [-0.25, -0.2) is 0 Å². The van der Waals surface area contributed by atoms with Crippen molar-refractivity contribution in [2.24, 2.45) is 11.7 Å². The molecule has 0 bridgehead atoms. The van der Waals surface area contributed by atoms with Gasteiger partial charge in [0.2, 0.25) is 0 Å². The molecule has 2 nitrogen and oxygen atoms in total. The molecule has 100 valence electrons. The van der Waals surface area contributed by atoms with E-state index in [1.54, 1.807) is 0 Å². The second kappa shape index (κ2) is 5.62. The zero-order valence-electron chi connectivity index (χ0n) is 11.3. The Morgan fingerprint density at radius 2 is 1.79 bits per heavy atom. The predicted molar refractivity (Wildman–Crippen MR) is 82.4 cm³/mol. The van der Waals surface area contributed by atoms with Crippen molar-refractivity contribution in [1.29, 1.82) is 0 Å². The van der Waals surface area contributed by atoms with E-state index in [4.69, 9.17) is 5.73 Å². The summed E-state index contributed by atoms with van der Waals surface area (Å²) in [7, 11) is 0. The van der Waals surface area contributed by atoms with Crippen molar-refractivity contribution in [2.75, 3.05) is 11.9 Å². The summed E-state index contributed by atoms with van der Waals surface area (Å²) in [5.41, 5.74) is 7.17. The van der Waals surface area contributed by atoms with Crippen LogP contribution < -0.4 is 11.1 Å². The summed E-state index contributed by atoms with van der Waals surface area (Å²) in [5.74, 6) is 0.618. The Balaban J connectivity index is 1.88. The fraction of sp³-hybridized carbons (Fsp3) is 0.412. The maximum atomic E-state index is 5.92. The monoisotopic (exact) mass is 254 g/mol. The Morgan fingerprint density at radius 3 is 2.68 bits per heavy atom. The highest BCUT2D eigenvalue weighted by molar-refractivity contribution is 5.93. The van der Waals surface area contributed by atoms with Gasteiger partial charge in [0, 0.05) is 17.1 Å². The normalized spacial score (nSPS) is 23.4. The van der Waals surface area contributed by atoms with E-state index in [1.807, 2.05) is 0 Å². The smallest absolute Gasteiger partial charge is 0.0422 e. The van der Waals surface area contributed by atoms with E-state index >= 15 is 0 Å². The summed E-state index contributed by atoms with van der Waals surface area (Å²) in [4.78, 5) is 0. The van der Waals surface area contributed by atoms with Crippen LogP contribution in [0.3, 0.4) is 0 Å². The van der Waals surface area contributed by atoms with Crippen molar-refractivity contribution < 1.29 is 0 Å². The number of rotatable bonds is 3. The molecule has 2 heteroatoms. The van der Waals surface area contributed by atoms with Crippen molar-refractivity contribution in [1.82, 2.24) is 0 Å². The van der Waals surface area contributed by atoms with Gasteiger partial charge in [0.1, 0.15) is 0 Å². The van der Waals surface area contributed by atoms with Gasteiger partial charge in [0.15, 0.2) is 0 Å². The van der Waals surface area contributed by atoms with Crippen LogP contribution in [-0.4, -0.2) is 12.6 Å². The van der Waals surface area contributed by atoms with Crippen LogP contribution in [0.15, 0.2) is 42.5 Å². The molecule has 3 N–H and O–H groups in total. The first-order valence-corrected chi connectivity index (χ1v) is 7.33. The van der Waals surface area contributed by atoms with Gasteiger partial charge in [-0.05, 0) is 36.8 Å². The van der Waals surface area contributed by atoms with E-state index in [-0.39, 0.29) is 0 Å². The molecule has 0 saturated heterocycles. The fourth-order valence-electron chi connectivity index (χ4n) is 3.23. The Bertz CT molecular complexity index is 544. The molecule has 0 aromatic heterocycles. The third kappa shape index (κ3) is 2.59. The fourth-order valence-corrected chi connectivity index (χ4v) is 3.23. The van der Waals surface area contributed by atoms with E-state index in [1.165, 1.54) is 42.1 Å². The summed E-state index contributed by atoms with van der Waals surface area (Å²) in [5, 5.41) is 6.36. The molecule has 0 radical (unpaired) electrons. The maximum Gasteiger partial charge on any atom is 0.0422 e. The molecule has 0 heterocycles. The van der Waals surface area contributed by atoms with Crippen molar-refractivity contribution >= 4 is 16.5 Å². The first-order valence-electron chi connectivity index (χ1n) is 7.33. The summed E-state index contributed by atoms with van der Waals surface area (Å²) in [6.07, 6.45) is 5.15. The van der Waals surface area contributed by atoms with Crippen LogP contribution in [-0.2, 0) is 0 Å². The number of hydrogen-bond donors (Lipinski definition) is 2. The van der Waals surface area contributed by atoms with E-state index in [2.05, 4.69) is 47.8 Å². The van der Waals surface area contributed by atoms with Gasteiger partial charge in [-0.3, -0.25) is 0 Å². The minimum atomic E-state index is 0.532.